The molecular weight excluding hydrogens is 298 g/mol. The molecule has 1 saturated carbocycles. The van der Waals surface area contributed by atoms with Crippen molar-refractivity contribution in [3.8, 4) is 11.8 Å². The summed E-state index contributed by atoms with van der Waals surface area (Å²) in [5, 5.41) is 23.1. The summed E-state index contributed by atoms with van der Waals surface area (Å²) in [6.07, 6.45) is 3.16. The number of para-hydroxylation sites is 2. The van der Waals surface area contributed by atoms with Gasteiger partial charge in [-0.25, -0.2) is 0 Å². The van der Waals surface area contributed by atoms with Gasteiger partial charge in [-0.1, -0.05) is 31.4 Å². The maximum absolute atomic E-state index is 12.3. The summed E-state index contributed by atoms with van der Waals surface area (Å²) in [4.78, 5) is 22.7. The highest BCUT2D eigenvalue weighted by atomic mass is 16.6. The fraction of sp³-hybridized carbons (Fsp3) is 0.500. The van der Waals surface area contributed by atoms with Gasteiger partial charge >= 0.3 is 5.69 Å². The molecule has 2 rings (SSSR count). The van der Waals surface area contributed by atoms with Crippen LogP contribution in [0.2, 0.25) is 0 Å². The van der Waals surface area contributed by atoms with Crippen LogP contribution in [0, 0.1) is 21.4 Å². The average Bonchev–Trinajstić information content (AvgIpc) is 2.56. The Morgan fingerprint density at radius 1 is 1.39 bits per heavy atom. The molecule has 0 unspecified atom stereocenters. The van der Waals surface area contributed by atoms with E-state index in [0.717, 1.165) is 19.3 Å². The van der Waals surface area contributed by atoms with Crippen LogP contribution < -0.4 is 10.1 Å². The number of nitrogens with zero attached hydrogens (tertiary/aromatic N) is 2. The lowest BCUT2D eigenvalue weighted by Crippen LogP contribution is -2.52. The predicted molar refractivity (Wildman–Crippen MR) is 82.8 cm³/mol. The Morgan fingerprint density at radius 3 is 2.65 bits per heavy atom. The van der Waals surface area contributed by atoms with Crippen molar-refractivity contribution in [3.05, 3.63) is 34.4 Å². The van der Waals surface area contributed by atoms with Crippen molar-refractivity contribution in [1.29, 1.82) is 5.26 Å². The smallest absolute Gasteiger partial charge is 0.310 e. The van der Waals surface area contributed by atoms with Crippen molar-refractivity contribution in [2.75, 3.05) is 0 Å². The molecule has 7 nitrogen and oxygen atoms in total. The van der Waals surface area contributed by atoms with Crippen LogP contribution in [0.1, 0.15) is 39.0 Å². The number of carbonyl (C=O) groups is 1. The van der Waals surface area contributed by atoms with Crippen LogP contribution in [0.5, 0.6) is 5.75 Å². The molecule has 0 aliphatic heterocycles. The van der Waals surface area contributed by atoms with E-state index in [9.17, 15) is 20.2 Å². The van der Waals surface area contributed by atoms with Gasteiger partial charge in [-0.15, -0.1) is 0 Å². The molecule has 0 saturated heterocycles. The second-order valence-electron chi connectivity index (χ2n) is 5.73. The number of carbonyl (C=O) groups excluding carboxylic acids is 1. The van der Waals surface area contributed by atoms with E-state index in [1.807, 2.05) is 0 Å². The van der Waals surface area contributed by atoms with Crippen molar-refractivity contribution >= 4 is 11.6 Å². The predicted octanol–water partition coefficient (Wildman–Crippen LogP) is 2.70. The topological polar surface area (TPSA) is 105 Å². The molecule has 1 amide bonds. The summed E-state index contributed by atoms with van der Waals surface area (Å²) in [5.74, 6) is -0.401. The summed E-state index contributed by atoms with van der Waals surface area (Å²) < 4.78 is 5.44. The first-order valence-corrected chi connectivity index (χ1v) is 7.61. The van der Waals surface area contributed by atoms with Crippen LogP contribution >= 0.6 is 0 Å². The molecular formula is C16H19N3O4. The highest BCUT2D eigenvalue weighted by molar-refractivity contribution is 5.82. The first-order valence-electron chi connectivity index (χ1n) is 7.61. The Bertz CT molecular complexity index is 632. The van der Waals surface area contributed by atoms with Gasteiger partial charge in [0.2, 0.25) is 0 Å². The van der Waals surface area contributed by atoms with Crippen LogP contribution in [-0.2, 0) is 4.79 Å². The van der Waals surface area contributed by atoms with E-state index in [1.54, 1.807) is 6.07 Å². The van der Waals surface area contributed by atoms with Gasteiger partial charge in [0.1, 0.15) is 5.54 Å². The highest BCUT2D eigenvalue weighted by Crippen LogP contribution is 2.29. The fourth-order valence-electron chi connectivity index (χ4n) is 2.71. The Kier molecular flexibility index (Phi) is 5.16. The van der Waals surface area contributed by atoms with Gasteiger partial charge in [0.05, 0.1) is 11.0 Å². The largest absolute Gasteiger partial charge is 0.474 e. The fourth-order valence-corrected chi connectivity index (χ4v) is 2.71. The van der Waals surface area contributed by atoms with E-state index in [1.165, 1.54) is 25.1 Å². The second-order valence-corrected chi connectivity index (χ2v) is 5.73. The average molecular weight is 317 g/mol. The van der Waals surface area contributed by atoms with Gasteiger partial charge in [-0.3, -0.25) is 14.9 Å². The maximum Gasteiger partial charge on any atom is 0.310 e. The van der Waals surface area contributed by atoms with Crippen molar-refractivity contribution < 1.29 is 14.5 Å². The van der Waals surface area contributed by atoms with Gasteiger partial charge in [0.15, 0.2) is 11.9 Å². The zero-order valence-corrected chi connectivity index (χ0v) is 12.9. The molecule has 122 valence electrons. The number of ether oxygens (including phenoxy) is 1. The lowest BCUT2D eigenvalue weighted by atomic mass is 9.83. The van der Waals surface area contributed by atoms with Gasteiger partial charge in [-0.05, 0) is 25.8 Å². The molecule has 1 atom stereocenters. The van der Waals surface area contributed by atoms with Crippen molar-refractivity contribution in [1.82, 2.24) is 5.32 Å². The lowest BCUT2D eigenvalue weighted by molar-refractivity contribution is -0.386. The van der Waals surface area contributed by atoms with E-state index in [2.05, 4.69) is 11.4 Å². The zero-order chi connectivity index (χ0) is 16.9. The number of rotatable bonds is 5. The Hall–Kier alpha value is -2.62. The van der Waals surface area contributed by atoms with E-state index in [0.29, 0.717) is 12.8 Å². The molecule has 23 heavy (non-hydrogen) atoms. The molecule has 0 radical (unpaired) electrons. The van der Waals surface area contributed by atoms with E-state index in [4.69, 9.17) is 4.74 Å². The maximum atomic E-state index is 12.3. The summed E-state index contributed by atoms with van der Waals surface area (Å²) >= 11 is 0. The zero-order valence-electron chi connectivity index (χ0n) is 12.9. The molecule has 1 aromatic rings. The molecule has 0 bridgehead atoms. The molecule has 0 aromatic heterocycles. The third-order valence-corrected chi connectivity index (χ3v) is 4.02. The molecule has 1 N–H and O–H groups in total. The standard InChI is InChI=1S/C16H19N3O4/c1-12(23-14-8-4-3-7-13(14)19(21)22)15(20)18-16(11-17)9-5-2-6-10-16/h3-4,7-8,12H,2,5-6,9-10H2,1H3,(H,18,20)/t12-/m1/s1. The van der Waals surface area contributed by atoms with Crippen LogP contribution in [0.25, 0.3) is 0 Å². The minimum Gasteiger partial charge on any atom is -0.474 e. The highest BCUT2D eigenvalue weighted by Gasteiger charge is 2.35. The Balaban J connectivity index is 2.06. The normalized spacial score (nSPS) is 17.6. The summed E-state index contributed by atoms with van der Waals surface area (Å²) in [6, 6.07) is 8.10. The van der Waals surface area contributed by atoms with E-state index < -0.39 is 22.5 Å². The van der Waals surface area contributed by atoms with Gasteiger partial charge in [0.25, 0.3) is 5.91 Å². The summed E-state index contributed by atoms with van der Waals surface area (Å²) in [5.41, 5.74) is -1.05. The van der Waals surface area contributed by atoms with E-state index in [-0.39, 0.29) is 11.4 Å². The number of nitriles is 1. The van der Waals surface area contributed by atoms with Crippen LogP contribution in [-0.4, -0.2) is 22.5 Å². The lowest BCUT2D eigenvalue weighted by Gasteiger charge is -2.32. The number of hydrogen-bond donors (Lipinski definition) is 1. The summed E-state index contributed by atoms with van der Waals surface area (Å²) in [7, 11) is 0. The molecule has 1 aliphatic rings. The first-order chi connectivity index (χ1) is 11.0. The molecule has 0 spiro atoms. The molecule has 1 aliphatic carbocycles. The number of hydrogen-bond acceptors (Lipinski definition) is 5. The third-order valence-electron chi connectivity index (χ3n) is 4.02. The molecule has 1 fully saturated rings. The Labute approximate surface area is 134 Å². The van der Waals surface area contributed by atoms with Gasteiger partial charge < -0.3 is 10.1 Å². The van der Waals surface area contributed by atoms with Crippen LogP contribution in [0.3, 0.4) is 0 Å². The first kappa shape index (κ1) is 16.7. The number of amides is 1. The van der Waals surface area contributed by atoms with Crippen molar-refractivity contribution in [2.24, 2.45) is 0 Å². The summed E-state index contributed by atoms with van der Waals surface area (Å²) in [6.45, 7) is 1.51. The number of nitrogens with one attached hydrogen (secondary N) is 1. The van der Waals surface area contributed by atoms with E-state index >= 15 is 0 Å². The monoisotopic (exact) mass is 317 g/mol. The van der Waals surface area contributed by atoms with Crippen molar-refractivity contribution in [3.63, 3.8) is 0 Å². The van der Waals surface area contributed by atoms with Crippen LogP contribution in [0.4, 0.5) is 5.69 Å². The number of nitro benzene ring substituents is 1. The second kappa shape index (κ2) is 7.09. The quantitative estimate of drug-likeness (QED) is 0.664. The molecule has 0 heterocycles. The third kappa shape index (κ3) is 3.97. The molecule has 1 aromatic carbocycles. The van der Waals surface area contributed by atoms with Crippen LogP contribution in [0.15, 0.2) is 24.3 Å². The minimum absolute atomic E-state index is 0.0369. The van der Waals surface area contributed by atoms with Gasteiger partial charge in [-0.2, -0.15) is 5.26 Å². The molecule has 7 heteroatoms. The number of nitro groups is 1. The van der Waals surface area contributed by atoms with Crippen molar-refractivity contribution in [2.45, 2.75) is 50.7 Å². The Morgan fingerprint density at radius 2 is 2.04 bits per heavy atom. The van der Waals surface area contributed by atoms with Gasteiger partial charge in [0, 0.05) is 6.07 Å². The SMILES string of the molecule is C[C@@H](Oc1ccccc1[N+](=O)[O-])C(=O)NC1(C#N)CCCCC1. The number of benzene rings is 1. The minimum atomic E-state index is -0.928.